The fourth-order valence-corrected chi connectivity index (χ4v) is 7.16. The molecule has 1 aliphatic heterocycles. The van der Waals surface area contributed by atoms with Gasteiger partial charge in [0, 0.05) is 6.42 Å². The molecule has 55 heavy (non-hydrogen) atoms. The largest absolute Gasteiger partial charge is 0.508 e. The van der Waals surface area contributed by atoms with E-state index in [0.717, 1.165) is 25.7 Å². The number of hydrogen-bond donors (Lipinski definition) is 9. The Morgan fingerprint density at radius 2 is 1.36 bits per heavy atom. The fourth-order valence-electron chi connectivity index (χ4n) is 7.16. The Morgan fingerprint density at radius 1 is 0.782 bits per heavy atom. The average molecular weight is 770 g/mol. The zero-order valence-electron chi connectivity index (χ0n) is 32.0. The molecule has 2 aliphatic rings. The lowest BCUT2D eigenvalue weighted by atomic mass is 9.83. The van der Waals surface area contributed by atoms with Crippen molar-refractivity contribution >= 4 is 35.4 Å². The second-order valence-corrected chi connectivity index (χ2v) is 15.0. The Bertz CT molecular complexity index is 1430. The summed E-state index contributed by atoms with van der Waals surface area (Å²) in [5.41, 5.74) is 18.1. The molecule has 15 nitrogen and oxygen atoms in total. The zero-order chi connectivity index (χ0) is 40.2. The van der Waals surface area contributed by atoms with Crippen LogP contribution in [0, 0.1) is 11.8 Å². The van der Waals surface area contributed by atoms with Crippen molar-refractivity contribution in [2.75, 3.05) is 13.1 Å². The number of benzene rings is 1. The lowest BCUT2D eigenvalue weighted by Gasteiger charge is -2.27. The molecule has 1 saturated carbocycles. The summed E-state index contributed by atoms with van der Waals surface area (Å²) in [5.74, 6) is -4.45. The molecule has 4 amide bonds. The summed E-state index contributed by atoms with van der Waals surface area (Å²) >= 11 is 0. The van der Waals surface area contributed by atoms with Crippen LogP contribution < -0.4 is 38.5 Å². The van der Waals surface area contributed by atoms with Gasteiger partial charge in [-0.2, -0.15) is 0 Å². The Kier molecular flexibility index (Phi) is 19.8. The number of aromatic hydroxyl groups is 1. The van der Waals surface area contributed by atoms with Crippen LogP contribution in [0.3, 0.4) is 0 Å². The van der Waals surface area contributed by atoms with Gasteiger partial charge < -0.3 is 48.7 Å². The minimum absolute atomic E-state index is 0.0175. The molecule has 0 spiro atoms. The summed E-state index contributed by atoms with van der Waals surface area (Å²) in [6.07, 6.45) is 12.3. The van der Waals surface area contributed by atoms with E-state index in [9.17, 15) is 39.0 Å². The van der Waals surface area contributed by atoms with E-state index in [1.165, 1.54) is 18.6 Å². The second kappa shape index (κ2) is 24.2. The Hall–Kier alpha value is -4.34. The van der Waals surface area contributed by atoms with Crippen molar-refractivity contribution in [1.29, 1.82) is 0 Å². The van der Waals surface area contributed by atoms with Crippen LogP contribution in [0.25, 0.3) is 0 Å². The average Bonchev–Trinajstić information content (AvgIpc) is 3.16. The van der Waals surface area contributed by atoms with Crippen LogP contribution in [0.15, 0.2) is 36.4 Å². The number of nitrogens with two attached hydrogens (primary N) is 3. The van der Waals surface area contributed by atoms with Crippen molar-refractivity contribution in [2.24, 2.45) is 29.0 Å². The number of Topliss-reactive ketones (excluding diaryl/α,β-unsaturated/α-hetero) is 1. The van der Waals surface area contributed by atoms with E-state index in [1.807, 2.05) is 0 Å². The SMILES string of the molecule is NCCCC[C@@H]1NC(=O)[C@H](CCCCN)NC(=O)[C@@H](N)CC=CC[C@@H](C(=O)N[C@@H](Cc2ccc(O)cc2)C(=O)C[C@@H](CCC2CCCCC2)C(=O)O)NC1=O. The first-order valence-corrected chi connectivity index (χ1v) is 20.0. The number of ketones is 1. The summed E-state index contributed by atoms with van der Waals surface area (Å²) in [4.78, 5) is 80.7. The summed E-state index contributed by atoms with van der Waals surface area (Å²) < 4.78 is 0. The Labute approximate surface area is 324 Å². The van der Waals surface area contributed by atoms with E-state index < -0.39 is 71.5 Å². The van der Waals surface area contributed by atoms with Gasteiger partial charge in [0.15, 0.2) is 5.78 Å². The number of nitrogens with one attached hydrogen (secondary N) is 4. The normalized spacial score (nSPS) is 22.7. The van der Waals surface area contributed by atoms with Gasteiger partial charge in [-0.05, 0) is 107 Å². The van der Waals surface area contributed by atoms with Crippen molar-refractivity contribution < 1.29 is 39.0 Å². The van der Waals surface area contributed by atoms with E-state index in [1.54, 1.807) is 24.3 Å². The monoisotopic (exact) mass is 769 g/mol. The maximum Gasteiger partial charge on any atom is 0.306 e. The van der Waals surface area contributed by atoms with Crippen LogP contribution in [0.4, 0.5) is 0 Å². The number of phenolic OH excluding ortho intramolecular Hbond substituents is 1. The maximum atomic E-state index is 14.1. The molecule has 15 heteroatoms. The van der Waals surface area contributed by atoms with Gasteiger partial charge in [-0.3, -0.25) is 28.8 Å². The molecule has 6 atom stereocenters. The highest BCUT2D eigenvalue weighted by molar-refractivity contribution is 5.96. The number of carboxylic acids is 1. The van der Waals surface area contributed by atoms with Gasteiger partial charge in [0.1, 0.15) is 23.9 Å². The molecular formula is C40H63N7O8. The third-order valence-electron chi connectivity index (χ3n) is 10.6. The van der Waals surface area contributed by atoms with Gasteiger partial charge in [-0.15, -0.1) is 0 Å². The standard InChI is InChI=1S/C40H63N7O8/c41-22-8-6-14-31-37(51)46-33(15-7-9-23-42)38(52)45-32(13-5-4-12-30(43)36(50)44-31)39(53)47-34(24-27-17-20-29(48)21-18-27)35(49)25-28(40(54)55)19-16-26-10-2-1-3-11-26/h4-5,17-18,20-21,26,28,30-34,48H,1-3,6-16,19,22-25,41-43H2,(H,44,50)(H,45,52)(H,46,51)(H,47,53)(H,54,55)/t28-,30+,31+,32+,33+,34+/m1/s1. The molecule has 1 aliphatic carbocycles. The molecule has 12 N–H and O–H groups in total. The van der Waals surface area contributed by atoms with Crippen molar-refractivity contribution in [1.82, 2.24) is 21.3 Å². The van der Waals surface area contributed by atoms with Crippen LogP contribution >= 0.6 is 0 Å². The number of phenols is 1. The quantitative estimate of drug-likeness (QED) is 0.0724. The van der Waals surface area contributed by atoms with Gasteiger partial charge in [-0.25, -0.2) is 0 Å². The van der Waals surface area contributed by atoms with Crippen LogP contribution in [0.5, 0.6) is 5.75 Å². The summed E-state index contributed by atoms with van der Waals surface area (Å²) in [6, 6.07) is 0.766. The van der Waals surface area contributed by atoms with Gasteiger partial charge in [0.2, 0.25) is 23.6 Å². The summed E-state index contributed by atoms with van der Waals surface area (Å²) in [7, 11) is 0. The topological polar surface area (TPSA) is 269 Å². The lowest BCUT2D eigenvalue weighted by Crippen LogP contribution is -2.58. The smallest absolute Gasteiger partial charge is 0.306 e. The number of unbranched alkanes of at least 4 members (excludes halogenated alkanes) is 2. The van der Waals surface area contributed by atoms with E-state index in [-0.39, 0.29) is 44.3 Å². The van der Waals surface area contributed by atoms with Gasteiger partial charge in [0.25, 0.3) is 0 Å². The summed E-state index contributed by atoms with van der Waals surface area (Å²) in [5, 5.41) is 30.9. The van der Waals surface area contributed by atoms with Crippen molar-refractivity contribution in [3.63, 3.8) is 0 Å². The van der Waals surface area contributed by atoms with E-state index >= 15 is 0 Å². The molecule has 1 aromatic carbocycles. The number of carboxylic acid groups (broad SMARTS) is 1. The van der Waals surface area contributed by atoms with E-state index in [0.29, 0.717) is 63.1 Å². The number of amides is 4. The molecule has 0 aromatic heterocycles. The van der Waals surface area contributed by atoms with Crippen molar-refractivity contribution in [3.8, 4) is 5.75 Å². The van der Waals surface area contributed by atoms with E-state index in [4.69, 9.17) is 17.2 Å². The highest BCUT2D eigenvalue weighted by Gasteiger charge is 2.33. The molecule has 0 unspecified atom stereocenters. The molecule has 1 fully saturated rings. The maximum absolute atomic E-state index is 14.1. The van der Waals surface area contributed by atoms with Crippen LogP contribution in [0.2, 0.25) is 0 Å². The number of hydrogen-bond acceptors (Lipinski definition) is 10. The third-order valence-corrected chi connectivity index (χ3v) is 10.6. The number of carbonyl (C=O) groups is 6. The molecule has 1 heterocycles. The lowest BCUT2D eigenvalue weighted by molar-refractivity contribution is -0.144. The number of aliphatic carboxylic acids is 1. The first-order chi connectivity index (χ1) is 26.4. The van der Waals surface area contributed by atoms with Crippen molar-refractivity contribution in [3.05, 3.63) is 42.0 Å². The highest BCUT2D eigenvalue weighted by atomic mass is 16.4. The Morgan fingerprint density at radius 3 is 1.96 bits per heavy atom. The molecular weight excluding hydrogens is 706 g/mol. The van der Waals surface area contributed by atoms with Gasteiger partial charge in [0.05, 0.1) is 18.0 Å². The Balaban J connectivity index is 1.87. The minimum atomic E-state index is -1.21. The van der Waals surface area contributed by atoms with Crippen molar-refractivity contribution in [2.45, 2.75) is 139 Å². The van der Waals surface area contributed by atoms with Gasteiger partial charge >= 0.3 is 5.97 Å². The number of rotatable bonds is 19. The van der Waals surface area contributed by atoms with Crippen LogP contribution in [-0.4, -0.2) is 88.9 Å². The first-order valence-electron chi connectivity index (χ1n) is 20.0. The molecule has 0 radical (unpaired) electrons. The third kappa shape index (κ3) is 16.1. The summed E-state index contributed by atoms with van der Waals surface area (Å²) in [6.45, 7) is 0.773. The first kappa shape index (κ1) is 45.1. The fraction of sp³-hybridized carbons (Fsp3) is 0.650. The van der Waals surface area contributed by atoms with E-state index in [2.05, 4.69) is 21.3 Å². The number of carbonyl (C=O) groups excluding carboxylic acids is 5. The predicted octanol–water partition coefficient (Wildman–Crippen LogP) is 1.83. The van der Waals surface area contributed by atoms with Crippen LogP contribution in [0.1, 0.15) is 108 Å². The molecule has 306 valence electrons. The second-order valence-electron chi connectivity index (χ2n) is 15.0. The molecule has 3 rings (SSSR count). The molecule has 0 bridgehead atoms. The molecule has 0 saturated heterocycles. The molecule has 1 aromatic rings. The highest BCUT2D eigenvalue weighted by Crippen LogP contribution is 2.29. The van der Waals surface area contributed by atoms with Gasteiger partial charge in [-0.1, -0.05) is 56.4 Å². The minimum Gasteiger partial charge on any atom is -0.508 e. The predicted molar refractivity (Wildman–Crippen MR) is 208 cm³/mol. The van der Waals surface area contributed by atoms with Crippen LogP contribution in [-0.2, 0) is 35.2 Å². The zero-order valence-corrected chi connectivity index (χ0v) is 32.0.